The predicted molar refractivity (Wildman–Crippen MR) is 161 cm³/mol. The molecule has 202 valence electrons. The lowest BCUT2D eigenvalue weighted by Gasteiger charge is -2.30. The van der Waals surface area contributed by atoms with Crippen LogP contribution in [0.3, 0.4) is 0 Å². The summed E-state index contributed by atoms with van der Waals surface area (Å²) in [5.41, 5.74) is 4.66. The molecule has 0 saturated heterocycles. The second-order valence-electron chi connectivity index (χ2n) is 9.41. The average Bonchev–Trinajstić information content (AvgIpc) is 2.96. The first-order chi connectivity index (χ1) is 19.3. The van der Waals surface area contributed by atoms with Crippen molar-refractivity contribution in [3.63, 3.8) is 0 Å². The van der Waals surface area contributed by atoms with Gasteiger partial charge >= 0.3 is 5.97 Å². The highest BCUT2D eigenvalue weighted by atomic mass is 32.1. The first-order valence-corrected chi connectivity index (χ1v) is 13.4. The molecule has 1 aromatic heterocycles. The standard InChI is InChI=1S/C32H29N3O4S/c1-4-39-24-18-16-23(17-19-24)35-30(36)25-11-5-7-13-28(25)34(32(35)40)20-33(27-15-9-10-21(2)22(27)3)29-14-8-6-12-26(29)31(37)38/h5-19H,4,20H2,1-3H3,(H,37,38). The largest absolute Gasteiger partial charge is 0.494 e. The number of anilines is 2. The molecule has 7 nitrogen and oxygen atoms in total. The van der Waals surface area contributed by atoms with E-state index in [0.29, 0.717) is 34.6 Å². The normalized spacial score (nSPS) is 11.0. The van der Waals surface area contributed by atoms with Gasteiger partial charge in [0.2, 0.25) is 0 Å². The fourth-order valence-electron chi connectivity index (χ4n) is 4.88. The van der Waals surface area contributed by atoms with E-state index < -0.39 is 5.97 Å². The number of rotatable bonds is 8. The van der Waals surface area contributed by atoms with Crippen molar-refractivity contribution < 1.29 is 14.6 Å². The summed E-state index contributed by atoms with van der Waals surface area (Å²) in [5.74, 6) is -0.330. The zero-order valence-corrected chi connectivity index (χ0v) is 23.3. The number of nitrogens with zero attached hydrogens (tertiary/aromatic N) is 3. The summed E-state index contributed by atoms with van der Waals surface area (Å²) < 4.78 is 9.26. The van der Waals surface area contributed by atoms with Crippen molar-refractivity contribution in [1.82, 2.24) is 9.13 Å². The lowest BCUT2D eigenvalue weighted by molar-refractivity contribution is 0.0697. The van der Waals surface area contributed by atoms with E-state index >= 15 is 0 Å². The van der Waals surface area contributed by atoms with Gasteiger partial charge in [-0.1, -0.05) is 36.4 Å². The van der Waals surface area contributed by atoms with Crippen LogP contribution in [-0.4, -0.2) is 26.8 Å². The van der Waals surface area contributed by atoms with E-state index in [1.54, 1.807) is 24.3 Å². The number of carboxylic acid groups (broad SMARTS) is 1. The van der Waals surface area contributed by atoms with Crippen LogP contribution in [0.5, 0.6) is 5.75 Å². The van der Waals surface area contributed by atoms with Gasteiger partial charge < -0.3 is 14.7 Å². The molecule has 5 aromatic rings. The Labute approximate surface area is 237 Å². The molecule has 1 heterocycles. The highest BCUT2D eigenvalue weighted by Crippen LogP contribution is 2.34. The van der Waals surface area contributed by atoms with Crippen LogP contribution in [0.25, 0.3) is 16.6 Å². The minimum Gasteiger partial charge on any atom is -0.494 e. The maximum absolute atomic E-state index is 13.7. The summed E-state index contributed by atoms with van der Waals surface area (Å²) in [4.78, 5) is 28.0. The van der Waals surface area contributed by atoms with Crippen LogP contribution in [0.4, 0.5) is 11.4 Å². The lowest BCUT2D eigenvalue weighted by Crippen LogP contribution is -2.30. The second kappa shape index (κ2) is 11.2. The van der Waals surface area contributed by atoms with Crippen molar-refractivity contribution in [2.24, 2.45) is 0 Å². The molecule has 0 saturated carbocycles. The van der Waals surface area contributed by atoms with Crippen LogP contribution < -0.4 is 15.2 Å². The molecule has 0 atom stereocenters. The highest BCUT2D eigenvalue weighted by Gasteiger charge is 2.22. The number of para-hydroxylation sites is 2. The number of ether oxygens (including phenoxy) is 1. The Bertz CT molecular complexity index is 1840. The number of carboxylic acids is 1. The first-order valence-electron chi connectivity index (χ1n) is 13.0. The van der Waals surface area contributed by atoms with Crippen molar-refractivity contribution in [2.45, 2.75) is 27.4 Å². The molecule has 0 unspecified atom stereocenters. The van der Waals surface area contributed by atoms with Crippen molar-refractivity contribution in [3.05, 3.63) is 123 Å². The third-order valence-corrected chi connectivity index (χ3v) is 7.43. The number of aryl methyl sites for hydroxylation is 1. The van der Waals surface area contributed by atoms with Crippen molar-refractivity contribution in [2.75, 3.05) is 11.5 Å². The van der Waals surface area contributed by atoms with Gasteiger partial charge in [-0.3, -0.25) is 13.9 Å². The maximum atomic E-state index is 13.7. The fraction of sp³-hybridized carbons (Fsp3) is 0.156. The van der Waals surface area contributed by atoms with Gasteiger partial charge in [0.15, 0.2) is 4.77 Å². The molecular formula is C32H29N3O4S. The Morgan fingerprint density at radius 1 is 0.900 bits per heavy atom. The van der Waals surface area contributed by atoms with Gasteiger partial charge in [-0.15, -0.1) is 0 Å². The van der Waals surface area contributed by atoms with Crippen molar-refractivity contribution in [1.29, 1.82) is 0 Å². The third-order valence-electron chi connectivity index (χ3n) is 7.03. The minimum atomic E-state index is -1.03. The molecule has 0 aliphatic carbocycles. The summed E-state index contributed by atoms with van der Waals surface area (Å²) in [6.07, 6.45) is 0. The molecule has 0 bridgehead atoms. The van der Waals surface area contributed by atoms with Crippen LogP contribution in [0.1, 0.15) is 28.4 Å². The third kappa shape index (κ3) is 4.89. The van der Waals surface area contributed by atoms with Gasteiger partial charge in [0, 0.05) is 5.69 Å². The SMILES string of the molecule is CCOc1ccc(-n2c(=O)c3ccccc3n(CN(c3ccccc3C(=O)O)c3cccc(C)c3C)c2=S)cc1. The zero-order valence-electron chi connectivity index (χ0n) is 22.5. The van der Waals surface area contributed by atoms with E-state index in [1.165, 1.54) is 4.57 Å². The summed E-state index contributed by atoms with van der Waals surface area (Å²) in [5, 5.41) is 10.6. The summed E-state index contributed by atoms with van der Waals surface area (Å²) in [6.45, 7) is 6.65. The van der Waals surface area contributed by atoms with Gasteiger partial charge in [-0.2, -0.15) is 0 Å². The first kappa shape index (κ1) is 26.9. The molecule has 4 aromatic carbocycles. The molecule has 0 aliphatic rings. The monoisotopic (exact) mass is 551 g/mol. The van der Waals surface area contributed by atoms with Crippen LogP contribution in [0.15, 0.2) is 95.8 Å². The molecule has 40 heavy (non-hydrogen) atoms. The lowest BCUT2D eigenvalue weighted by atomic mass is 10.1. The number of aromatic carboxylic acids is 1. The van der Waals surface area contributed by atoms with E-state index in [4.69, 9.17) is 17.0 Å². The maximum Gasteiger partial charge on any atom is 0.337 e. The molecule has 0 spiro atoms. The fourth-order valence-corrected chi connectivity index (χ4v) is 5.23. The van der Waals surface area contributed by atoms with E-state index in [2.05, 4.69) is 0 Å². The minimum absolute atomic E-state index is 0.166. The number of aromatic nitrogens is 2. The quantitative estimate of drug-likeness (QED) is 0.209. The highest BCUT2D eigenvalue weighted by molar-refractivity contribution is 7.71. The summed E-state index contributed by atoms with van der Waals surface area (Å²) in [6, 6.07) is 27.4. The van der Waals surface area contributed by atoms with E-state index in [9.17, 15) is 14.7 Å². The molecule has 5 rings (SSSR count). The van der Waals surface area contributed by atoms with Crippen LogP contribution in [0, 0.1) is 18.6 Å². The Balaban J connectivity index is 1.78. The molecule has 0 radical (unpaired) electrons. The molecule has 0 amide bonds. The number of fused-ring (bicyclic) bond motifs is 1. The Kier molecular flexibility index (Phi) is 7.53. The number of hydrogen-bond acceptors (Lipinski definition) is 5. The second-order valence-corrected chi connectivity index (χ2v) is 9.77. The average molecular weight is 552 g/mol. The Morgan fingerprint density at radius 2 is 1.57 bits per heavy atom. The molecule has 8 heteroatoms. The summed E-state index contributed by atoms with van der Waals surface area (Å²) in [7, 11) is 0. The van der Waals surface area contributed by atoms with E-state index in [0.717, 1.165) is 16.8 Å². The van der Waals surface area contributed by atoms with Crippen molar-refractivity contribution >= 4 is 40.5 Å². The molecule has 0 aliphatic heterocycles. The Morgan fingerprint density at radius 3 is 2.30 bits per heavy atom. The number of benzene rings is 4. The predicted octanol–water partition coefficient (Wildman–Crippen LogP) is 7.03. The number of hydrogen-bond donors (Lipinski definition) is 1. The number of carbonyl (C=O) groups is 1. The van der Waals surface area contributed by atoms with Gasteiger partial charge in [-0.05, 0) is 98.7 Å². The zero-order chi connectivity index (χ0) is 28.4. The van der Waals surface area contributed by atoms with Gasteiger partial charge in [0.25, 0.3) is 5.56 Å². The summed E-state index contributed by atoms with van der Waals surface area (Å²) >= 11 is 5.99. The molecule has 1 N–H and O–H groups in total. The van der Waals surface area contributed by atoms with Gasteiger partial charge in [0.05, 0.1) is 34.4 Å². The smallest absolute Gasteiger partial charge is 0.337 e. The topological polar surface area (TPSA) is 76.7 Å². The van der Waals surface area contributed by atoms with E-state index in [1.807, 2.05) is 97.0 Å². The Hall–Kier alpha value is -4.69. The van der Waals surface area contributed by atoms with Crippen molar-refractivity contribution in [3.8, 4) is 11.4 Å². The van der Waals surface area contributed by atoms with Crippen LogP contribution in [0.2, 0.25) is 0 Å². The van der Waals surface area contributed by atoms with Crippen LogP contribution >= 0.6 is 12.2 Å². The van der Waals surface area contributed by atoms with E-state index in [-0.39, 0.29) is 22.6 Å². The van der Waals surface area contributed by atoms with Gasteiger partial charge in [-0.25, -0.2) is 4.79 Å². The van der Waals surface area contributed by atoms with Crippen LogP contribution in [-0.2, 0) is 6.67 Å². The molecular weight excluding hydrogens is 522 g/mol. The van der Waals surface area contributed by atoms with Gasteiger partial charge in [0.1, 0.15) is 12.4 Å². The molecule has 0 fully saturated rings.